The molecule has 2 aromatic rings. The van der Waals surface area contributed by atoms with E-state index >= 15 is 0 Å². The van der Waals surface area contributed by atoms with Crippen molar-refractivity contribution in [3.8, 4) is 0 Å². The number of carbonyl (C=O) groups excluding carboxylic acids is 1. The number of likely N-dealkylation sites (N-methyl/N-ethyl adjacent to an activating group) is 1. The summed E-state index contributed by atoms with van der Waals surface area (Å²) in [6.07, 6.45) is 0.488. The van der Waals surface area contributed by atoms with E-state index in [2.05, 4.69) is 9.80 Å². The van der Waals surface area contributed by atoms with Crippen molar-refractivity contribution in [2.24, 2.45) is 0 Å². The Bertz CT molecular complexity index is 1060. The van der Waals surface area contributed by atoms with Gasteiger partial charge in [-0.25, -0.2) is 17.2 Å². The summed E-state index contributed by atoms with van der Waals surface area (Å²) in [5.74, 6) is -0.511. The van der Waals surface area contributed by atoms with Crippen molar-refractivity contribution in [2.45, 2.75) is 31.5 Å². The zero-order chi connectivity index (χ0) is 24.5. The van der Waals surface area contributed by atoms with E-state index in [0.29, 0.717) is 32.6 Å². The van der Waals surface area contributed by atoms with Crippen molar-refractivity contribution in [1.82, 2.24) is 14.7 Å². The predicted molar refractivity (Wildman–Crippen MR) is 127 cm³/mol. The molecule has 184 valence electrons. The topological polar surface area (TPSA) is 60.9 Å². The molecule has 4 rings (SSSR count). The lowest BCUT2D eigenvalue weighted by Crippen LogP contribution is -2.55. The Labute approximate surface area is 200 Å². The second-order valence-electron chi connectivity index (χ2n) is 9.26. The van der Waals surface area contributed by atoms with Gasteiger partial charge in [0, 0.05) is 39.3 Å². The largest absolute Gasteiger partial charge is 0.340 e. The van der Waals surface area contributed by atoms with Crippen LogP contribution in [0.4, 0.5) is 8.78 Å². The Morgan fingerprint density at radius 1 is 0.912 bits per heavy atom. The zero-order valence-corrected chi connectivity index (χ0v) is 20.3. The summed E-state index contributed by atoms with van der Waals surface area (Å²) in [5.41, 5.74) is 1.85. The van der Waals surface area contributed by atoms with Gasteiger partial charge in [0.2, 0.25) is 5.91 Å². The van der Waals surface area contributed by atoms with Gasteiger partial charge in [-0.2, -0.15) is 0 Å². The summed E-state index contributed by atoms with van der Waals surface area (Å²) in [7, 11) is -1.37. The normalized spacial score (nSPS) is 22.1. The number of nitrogens with zero attached hydrogens (tertiary/aromatic N) is 3. The molecule has 1 amide bonds. The predicted octanol–water partition coefficient (Wildman–Crippen LogP) is 2.71. The molecule has 0 radical (unpaired) electrons. The Hall–Kier alpha value is -2.36. The maximum atomic E-state index is 13.5. The van der Waals surface area contributed by atoms with E-state index in [9.17, 15) is 22.0 Å². The lowest BCUT2D eigenvalue weighted by atomic mass is 9.96. The molecule has 2 atom stereocenters. The quantitative estimate of drug-likeness (QED) is 0.622. The lowest BCUT2D eigenvalue weighted by Gasteiger charge is -2.42. The highest BCUT2D eigenvalue weighted by molar-refractivity contribution is 7.91. The molecular weight excluding hydrogens is 460 g/mol. The molecule has 0 unspecified atom stereocenters. The van der Waals surface area contributed by atoms with Gasteiger partial charge in [-0.05, 0) is 48.7 Å². The van der Waals surface area contributed by atoms with E-state index in [0.717, 1.165) is 11.1 Å². The van der Waals surface area contributed by atoms with E-state index in [4.69, 9.17) is 0 Å². The number of benzene rings is 2. The maximum Gasteiger partial charge on any atom is 0.239 e. The maximum absolute atomic E-state index is 13.5. The van der Waals surface area contributed by atoms with Gasteiger partial charge >= 0.3 is 0 Å². The van der Waals surface area contributed by atoms with Crippen LogP contribution in [-0.4, -0.2) is 85.8 Å². The number of amides is 1. The van der Waals surface area contributed by atoms with Crippen LogP contribution >= 0.6 is 0 Å². The van der Waals surface area contributed by atoms with Gasteiger partial charge in [-0.3, -0.25) is 14.6 Å². The fraction of sp³-hybridized carbons (Fsp3) is 0.480. The van der Waals surface area contributed by atoms with Crippen LogP contribution in [0, 0.1) is 11.6 Å². The Balaban J connectivity index is 1.44. The summed E-state index contributed by atoms with van der Waals surface area (Å²) in [6.45, 7) is 4.54. The van der Waals surface area contributed by atoms with Gasteiger partial charge in [0.05, 0.1) is 23.6 Å². The van der Waals surface area contributed by atoms with Gasteiger partial charge < -0.3 is 4.90 Å². The van der Waals surface area contributed by atoms with Crippen LogP contribution in [0.5, 0.6) is 0 Å². The molecular formula is C25H31F2N3O3S. The fourth-order valence-corrected chi connectivity index (χ4v) is 6.77. The van der Waals surface area contributed by atoms with Crippen LogP contribution in [-0.2, 0) is 14.6 Å². The van der Waals surface area contributed by atoms with Crippen molar-refractivity contribution in [3.63, 3.8) is 0 Å². The number of sulfone groups is 1. The third-order valence-electron chi connectivity index (χ3n) is 7.09. The molecule has 0 N–H and O–H groups in total. The molecule has 2 aromatic carbocycles. The molecule has 2 aliphatic rings. The van der Waals surface area contributed by atoms with Crippen molar-refractivity contribution < 1.29 is 22.0 Å². The minimum Gasteiger partial charge on any atom is -0.340 e. The molecule has 2 saturated heterocycles. The molecule has 0 aliphatic carbocycles. The Morgan fingerprint density at radius 2 is 1.38 bits per heavy atom. The molecule has 0 saturated carbocycles. The highest BCUT2D eigenvalue weighted by atomic mass is 32.2. The van der Waals surface area contributed by atoms with Crippen molar-refractivity contribution in [2.75, 3.05) is 44.7 Å². The van der Waals surface area contributed by atoms with Crippen LogP contribution in [0.3, 0.4) is 0 Å². The number of hydrogen-bond acceptors (Lipinski definition) is 5. The van der Waals surface area contributed by atoms with Crippen LogP contribution in [0.2, 0.25) is 0 Å². The third-order valence-corrected chi connectivity index (χ3v) is 8.84. The lowest BCUT2D eigenvalue weighted by molar-refractivity contribution is -0.137. The van der Waals surface area contributed by atoms with Gasteiger partial charge in [-0.15, -0.1) is 0 Å². The van der Waals surface area contributed by atoms with E-state index in [1.54, 1.807) is 36.2 Å². The number of rotatable bonds is 6. The molecule has 0 aromatic heterocycles. The second kappa shape index (κ2) is 10.1. The van der Waals surface area contributed by atoms with Crippen LogP contribution < -0.4 is 0 Å². The minimum absolute atomic E-state index is 0.0345. The molecule has 9 heteroatoms. The third kappa shape index (κ3) is 5.47. The molecule has 2 aliphatic heterocycles. The van der Waals surface area contributed by atoms with Gasteiger partial charge in [0.25, 0.3) is 0 Å². The summed E-state index contributed by atoms with van der Waals surface area (Å²) >= 11 is 0. The number of carbonyl (C=O) groups is 1. The fourth-order valence-electron chi connectivity index (χ4n) is 5.00. The second-order valence-corrected chi connectivity index (χ2v) is 11.5. The van der Waals surface area contributed by atoms with Gasteiger partial charge in [0.15, 0.2) is 9.84 Å². The average Bonchev–Trinajstić information content (AvgIpc) is 3.20. The zero-order valence-electron chi connectivity index (χ0n) is 19.5. The van der Waals surface area contributed by atoms with Crippen LogP contribution in [0.1, 0.15) is 30.5 Å². The van der Waals surface area contributed by atoms with Crippen LogP contribution in [0.25, 0.3) is 0 Å². The number of halogens is 2. The Kier molecular flexibility index (Phi) is 7.35. The van der Waals surface area contributed by atoms with Gasteiger partial charge in [-0.1, -0.05) is 24.3 Å². The summed E-state index contributed by atoms with van der Waals surface area (Å²) < 4.78 is 50.7. The van der Waals surface area contributed by atoms with E-state index in [1.165, 1.54) is 24.3 Å². The van der Waals surface area contributed by atoms with Gasteiger partial charge in [0.1, 0.15) is 11.6 Å². The number of hydrogen-bond donors (Lipinski definition) is 0. The standard InChI is InChI=1S/C25H31F2N3O3S/c1-18(25(31)28(2)23-11-16-34(32,33)17-23)29-12-14-30(15-13-29)24(19-3-7-21(26)8-4-19)20-5-9-22(27)10-6-20/h3-10,18,23-24H,11-17H2,1-2H3/t18-,23-/m1/s1. The van der Waals surface area contributed by atoms with E-state index in [-0.39, 0.29) is 47.2 Å². The minimum atomic E-state index is -3.06. The van der Waals surface area contributed by atoms with E-state index < -0.39 is 9.84 Å². The first-order chi connectivity index (χ1) is 16.1. The Morgan fingerprint density at radius 3 is 1.82 bits per heavy atom. The first kappa shape index (κ1) is 24.8. The molecule has 2 heterocycles. The monoisotopic (exact) mass is 491 g/mol. The summed E-state index contributed by atoms with van der Waals surface area (Å²) in [6, 6.07) is 12.0. The SMILES string of the molecule is C[C@H](C(=O)N(C)[C@@H]1CCS(=O)(=O)C1)N1CCN(C(c2ccc(F)cc2)c2ccc(F)cc2)CC1. The summed E-state index contributed by atoms with van der Waals surface area (Å²) in [5, 5.41) is 0. The van der Waals surface area contributed by atoms with Crippen molar-refractivity contribution in [3.05, 3.63) is 71.3 Å². The van der Waals surface area contributed by atoms with Crippen LogP contribution in [0.15, 0.2) is 48.5 Å². The molecule has 6 nitrogen and oxygen atoms in total. The summed E-state index contributed by atoms with van der Waals surface area (Å²) in [4.78, 5) is 19.0. The smallest absolute Gasteiger partial charge is 0.239 e. The average molecular weight is 492 g/mol. The first-order valence-corrected chi connectivity index (χ1v) is 13.4. The molecule has 2 fully saturated rings. The molecule has 0 spiro atoms. The first-order valence-electron chi connectivity index (χ1n) is 11.6. The van der Waals surface area contributed by atoms with Crippen molar-refractivity contribution in [1.29, 1.82) is 0 Å². The molecule has 0 bridgehead atoms. The van der Waals surface area contributed by atoms with E-state index in [1.807, 2.05) is 6.92 Å². The van der Waals surface area contributed by atoms with Crippen molar-refractivity contribution >= 4 is 15.7 Å². The number of piperazine rings is 1. The highest BCUT2D eigenvalue weighted by Gasteiger charge is 2.36. The molecule has 34 heavy (non-hydrogen) atoms. The highest BCUT2D eigenvalue weighted by Crippen LogP contribution is 2.30.